The highest BCUT2D eigenvalue weighted by atomic mass is 32.1. The van der Waals surface area contributed by atoms with Gasteiger partial charge in [0.05, 0.1) is 11.9 Å². The Bertz CT molecular complexity index is 1270. The fraction of sp³-hybridized carbons (Fsp3) is 0.280. The van der Waals surface area contributed by atoms with Gasteiger partial charge in [0.2, 0.25) is 5.91 Å². The predicted octanol–water partition coefficient (Wildman–Crippen LogP) is 4.53. The van der Waals surface area contributed by atoms with Gasteiger partial charge in [-0.3, -0.25) is 9.78 Å². The highest BCUT2D eigenvalue weighted by molar-refractivity contribution is 7.10. The zero-order valence-electron chi connectivity index (χ0n) is 18.5. The lowest BCUT2D eigenvalue weighted by molar-refractivity contribution is -0.127. The van der Waals surface area contributed by atoms with Crippen molar-refractivity contribution in [3.8, 4) is 0 Å². The van der Waals surface area contributed by atoms with Crippen molar-refractivity contribution >= 4 is 34.8 Å². The first kappa shape index (κ1) is 21.3. The largest absolute Gasteiger partial charge is 0.366 e. The summed E-state index contributed by atoms with van der Waals surface area (Å²) in [4.78, 5) is 25.0. The molecule has 1 aliphatic heterocycles. The number of aryl methyl sites for hydroxylation is 1. The van der Waals surface area contributed by atoms with Crippen molar-refractivity contribution in [1.82, 2.24) is 24.5 Å². The van der Waals surface area contributed by atoms with Gasteiger partial charge in [0, 0.05) is 60.5 Å². The van der Waals surface area contributed by atoms with Crippen LogP contribution in [-0.4, -0.2) is 43.5 Å². The van der Waals surface area contributed by atoms with Gasteiger partial charge in [-0.25, -0.2) is 4.98 Å². The second kappa shape index (κ2) is 9.54. The van der Waals surface area contributed by atoms with E-state index in [4.69, 9.17) is 4.98 Å². The van der Waals surface area contributed by atoms with Gasteiger partial charge in [0.15, 0.2) is 5.65 Å². The van der Waals surface area contributed by atoms with Crippen LogP contribution in [0.4, 0.5) is 5.82 Å². The number of aromatic nitrogens is 4. The molecule has 1 N–H and O–H groups in total. The molecule has 0 spiro atoms. The van der Waals surface area contributed by atoms with Crippen molar-refractivity contribution in [2.24, 2.45) is 0 Å². The summed E-state index contributed by atoms with van der Waals surface area (Å²) in [6.45, 7) is 4.13. The molecule has 33 heavy (non-hydrogen) atoms. The number of pyridine rings is 1. The molecular formula is C25H26N6OS. The first-order chi connectivity index (χ1) is 16.2. The Morgan fingerprint density at radius 2 is 2.24 bits per heavy atom. The number of rotatable bonds is 6. The van der Waals surface area contributed by atoms with Gasteiger partial charge in [-0.1, -0.05) is 12.1 Å². The topological polar surface area (TPSA) is 75.4 Å². The molecule has 7 nitrogen and oxygen atoms in total. The van der Waals surface area contributed by atoms with E-state index in [9.17, 15) is 4.79 Å². The van der Waals surface area contributed by atoms with Crippen LogP contribution < -0.4 is 5.32 Å². The van der Waals surface area contributed by atoms with Crippen molar-refractivity contribution in [3.63, 3.8) is 0 Å². The number of nitrogens with one attached hydrogen (secondary N) is 1. The van der Waals surface area contributed by atoms with E-state index >= 15 is 0 Å². The van der Waals surface area contributed by atoms with Crippen LogP contribution in [-0.2, 0) is 11.3 Å². The maximum atomic E-state index is 12.8. The van der Waals surface area contributed by atoms with E-state index in [-0.39, 0.29) is 11.8 Å². The molecule has 4 aromatic rings. The average molecular weight is 459 g/mol. The molecule has 1 aliphatic rings. The minimum absolute atomic E-state index is 0.0598. The van der Waals surface area contributed by atoms with E-state index in [1.807, 2.05) is 64.5 Å². The summed E-state index contributed by atoms with van der Waals surface area (Å²) in [5, 5.41) is 10.0. The lowest BCUT2D eigenvalue weighted by Gasteiger charge is -2.32. The number of piperidine rings is 1. The number of anilines is 1. The fourth-order valence-electron chi connectivity index (χ4n) is 4.19. The number of amides is 1. The molecule has 0 bridgehead atoms. The Kier molecular flexibility index (Phi) is 6.17. The van der Waals surface area contributed by atoms with Crippen LogP contribution in [0, 0.1) is 6.92 Å². The first-order valence-corrected chi connectivity index (χ1v) is 12.0. The summed E-state index contributed by atoms with van der Waals surface area (Å²) in [7, 11) is 0. The molecule has 1 atom stereocenters. The maximum absolute atomic E-state index is 12.8. The molecule has 5 rings (SSSR count). The number of hydrogen-bond donors (Lipinski definition) is 1. The van der Waals surface area contributed by atoms with Crippen LogP contribution in [0.2, 0.25) is 0 Å². The smallest absolute Gasteiger partial charge is 0.246 e. The van der Waals surface area contributed by atoms with E-state index in [2.05, 4.69) is 21.5 Å². The van der Waals surface area contributed by atoms with Crippen LogP contribution in [0.1, 0.15) is 40.5 Å². The third kappa shape index (κ3) is 4.80. The Hall–Kier alpha value is -3.52. The molecule has 4 aromatic heterocycles. The summed E-state index contributed by atoms with van der Waals surface area (Å²) in [5.41, 5.74) is 3.98. The van der Waals surface area contributed by atoms with Crippen molar-refractivity contribution in [1.29, 1.82) is 0 Å². The molecule has 0 saturated carbocycles. The summed E-state index contributed by atoms with van der Waals surface area (Å²) < 4.78 is 1.85. The Morgan fingerprint density at radius 3 is 3.06 bits per heavy atom. The van der Waals surface area contributed by atoms with E-state index in [0.29, 0.717) is 13.1 Å². The Morgan fingerprint density at radius 1 is 1.30 bits per heavy atom. The molecule has 0 radical (unpaired) electrons. The summed E-state index contributed by atoms with van der Waals surface area (Å²) in [6, 6.07) is 10.1. The van der Waals surface area contributed by atoms with Gasteiger partial charge in [-0.05, 0) is 48.9 Å². The summed E-state index contributed by atoms with van der Waals surface area (Å²) >= 11 is 1.63. The number of nitrogens with zero attached hydrogens (tertiary/aromatic N) is 5. The number of hydrogen-bond acceptors (Lipinski definition) is 6. The SMILES string of the molecule is Cc1cnn2c(NCc3cccnc3)cc(C3CCCN(C(=O)/C=C/c4cccs4)C3)nc12. The second-order valence-electron chi connectivity index (χ2n) is 8.32. The highest BCUT2D eigenvalue weighted by Crippen LogP contribution is 2.29. The Balaban J connectivity index is 1.37. The van der Waals surface area contributed by atoms with Crippen LogP contribution in [0.5, 0.6) is 0 Å². The quantitative estimate of drug-likeness (QED) is 0.430. The predicted molar refractivity (Wildman–Crippen MR) is 131 cm³/mol. The molecule has 0 aliphatic carbocycles. The summed E-state index contributed by atoms with van der Waals surface area (Å²) in [6.07, 6.45) is 11.0. The molecule has 0 aromatic carbocycles. The van der Waals surface area contributed by atoms with E-state index in [1.165, 1.54) is 0 Å². The maximum Gasteiger partial charge on any atom is 0.246 e. The van der Waals surface area contributed by atoms with Gasteiger partial charge < -0.3 is 10.2 Å². The van der Waals surface area contributed by atoms with Gasteiger partial charge in [-0.15, -0.1) is 11.3 Å². The molecule has 5 heterocycles. The highest BCUT2D eigenvalue weighted by Gasteiger charge is 2.26. The van der Waals surface area contributed by atoms with Gasteiger partial charge in [0.25, 0.3) is 0 Å². The standard InChI is InChI=1S/C25H26N6OS/c1-18-14-28-31-23(27-16-19-5-2-10-26-15-19)13-22(29-25(18)31)20-6-3-11-30(17-20)24(32)9-8-21-7-4-12-33-21/h2,4-5,7-10,12-15,20,27H,3,6,11,16-17H2,1H3/b9-8+. The van der Waals surface area contributed by atoms with Crippen LogP contribution in [0.15, 0.2) is 60.4 Å². The van der Waals surface area contributed by atoms with Crippen LogP contribution in [0.3, 0.4) is 0 Å². The Labute approximate surface area is 196 Å². The summed E-state index contributed by atoms with van der Waals surface area (Å²) in [5.74, 6) is 1.15. The van der Waals surface area contributed by atoms with Crippen LogP contribution >= 0.6 is 11.3 Å². The lowest BCUT2D eigenvalue weighted by atomic mass is 9.94. The normalized spacial score (nSPS) is 16.5. The third-order valence-electron chi connectivity index (χ3n) is 5.95. The second-order valence-corrected chi connectivity index (χ2v) is 9.30. The average Bonchev–Trinajstić information content (AvgIpc) is 3.52. The molecule has 168 valence electrons. The van der Waals surface area contributed by atoms with E-state index < -0.39 is 0 Å². The first-order valence-electron chi connectivity index (χ1n) is 11.2. The van der Waals surface area contributed by atoms with E-state index in [0.717, 1.165) is 52.5 Å². The van der Waals surface area contributed by atoms with Crippen molar-refractivity contribution < 1.29 is 4.79 Å². The van der Waals surface area contributed by atoms with Gasteiger partial charge in [-0.2, -0.15) is 9.61 Å². The molecule has 1 amide bonds. The zero-order chi connectivity index (χ0) is 22.6. The molecular weight excluding hydrogens is 432 g/mol. The van der Waals surface area contributed by atoms with E-state index in [1.54, 1.807) is 23.6 Å². The van der Waals surface area contributed by atoms with Crippen molar-refractivity contribution in [3.05, 3.63) is 82.1 Å². The number of thiophene rings is 1. The fourth-order valence-corrected chi connectivity index (χ4v) is 4.80. The molecule has 8 heteroatoms. The van der Waals surface area contributed by atoms with Crippen molar-refractivity contribution in [2.45, 2.75) is 32.2 Å². The molecule has 1 unspecified atom stereocenters. The number of likely N-dealkylation sites (tertiary alicyclic amines) is 1. The number of fused-ring (bicyclic) bond motifs is 1. The molecule has 1 fully saturated rings. The third-order valence-corrected chi connectivity index (χ3v) is 6.79. The molecule has 1 saturated heterocycles. The minimum atomic E-state index is 0.0598. The minimum Gasteiger partial charge on any atom is -0.366 e. The van der Waals surface area contributed by atoms with Gasteiger partial charge >= 0.3 is 0 Å². The zero-order valence-corrected chi connectivity index (χ0v) is 19.3. The number of carbonyl (C=O) groups excluding carboxylic acids is 1. The van der Waals surface area contributed by atoms with Crippen LogP contribution in [0.25, 0.3) is 11.7 Å². The van der Waals surface area contributed by atoms with Crippen molar-refractivity contribution in [2.75, 3.05) is 18.4 Å². The number of carbonyl (C=O) groups is 1. The lowest BCUT2D eigenvalue weighted by Crippen LogP contribution is -2.38. The van der Waals surface area contributed by atoms with Gasteiger partial charge in [0.1, 0.15) is 5.82 Å². The monoisotopic (exact) mass is 458 g/mol.